The number of phenolic OH excluding ortho intramolecular Hbond substituents is 1. The lowest BCUT2D eigenvalue weighted by molar-refractivity contribution is -0.140. The van der Waals surface area contributed by atoms with E-state index in [0.29, 0.717) is 55.4 Å². The van der Waals surface area contributed by atoms with Crippen molar-refractivity contribution in [3.05, 3.63) is 101 Å². The number of phenols is 1. The summed E-state index contributed by atoms with van der Waals surface area (Å²) in [4.78, 5) is 30.3. The number of amides is 1. The van der Waals surface area contributed by atoms with E-state index < -0.39 is 17.7 Å². The normalized spacial score (nSPS) is 19.4. The van der Waals surface area contributed by atoms with Crippen LogP contribution in [0.4, 0.5) is 0 Å². The molecule has 2 heterocycles. The number of morpholine rings is 1. The number of ketones is 1. The molecule has 0 unspecified atom stereocenters. The van der Waals surface area contributed by atoms with Gasteiger partial charge in [-0.15, -0.1) is 0 Å². The highest BCUT2D eigenvalue weighted by molar-refractivity contribution is 6.46. The molecular formula is C31H32N2O6. The summed E-state index contributed by atoms with van der Waals surface area (Å²) < 4.78 is 11.3. The van der Waals surface area contributed by atoms with E-state index in [1.54, 1.807) is 24.3 Å². The number of Topliss-reactive ketones (excluding diaryl/α,β-unsaturated/α-hetero) is 1. The molecule has 0 aliphatic carbocycles. The summed E-state index contributed by atoms with van der Waals surface area (Å²) in [7, 11) is 0. The van der Waals surface area contributed by atoms with Crippen LogP contribution in [0.3, 0.4) is 0 Å². The van der Waals surface area contributed by atoms with E-state index in [1.807, 2.05) is 43.3 Å². The predicted octanol–water partition coefficient (Wildman–Crippen LogP) is 4.03. The lowest BCUT2D eigenvalue weighted by Gasteiger charge is -2.31. The summed E-state index contributed by atoms with van der Waals surface area (Å²) in [5.41, 5.74) is 2.87. The third-order valence-corrected chi connectivity index (χ3v) is 7.21. The summed E-state index contributed by atoms with van der Waals surface area (Å²) in [6, 6.07) is 20.7. The zero-order valence-corrected chi connectivity index (χ0v) is 21.9. The van der Waals surface area contributed by atoms with Crippen molar-refractivity contribution < 1.29 is 29.3 Å². The topological polar surface area (TPSA) is 99.5 Å². The number of aliphatic hydroxyl groups is 1. The molecule has 2 N–H and O–H groups in total. The van der Waals surface area contributed by atoms with Gasteiger partial charge in [-0.05, 0) is 53.9 Å². The zero-order valence-electron chi connectivity index (χ0n) is 21.9. The van der Waals surface area contributed by atoms with E-state index in [1.165, 1.54) is 17.0 Å². The minimum Gasteiger partial charge on any atom is -0.508 e. The predicted molar refractivity (Wildman–Crippen MR) is 146 cm³/mol. The molecule has 0 aromatic heterocycles. The molecule has 2 fully saturated rings. The molecule has 0 spiro atoms. The van der Waals surface area contributed by atoms with Crippen LogP contribution in [0.1, 0.15) is 28.3 Å². The van der Waals surface area contributed by atoms with Gasteiger partial charge in [0.05, 0.1) is 24.8 Å². The quantitative estimate of drug-likeness (QED) is 0.259. The average Bonchev–Trinajstić information content (AvgIpc) is 3.21. The summed E-state index contributed by atoms with van der Waals surface area (Å²) in [5.74, 6) is -0.896. The van der Waals surface area contributed by atoms with Crippen LogP contribution in [0, 0.1) is 6.92 Å². The maximum absolute atomic E-state index is 13.4. The fraction of sp³-hybridized carbons (Fsp3) is 0.290. The van der Waals surface area contributed by atoms with E-state index >= 15 is 0 Å². The van der Waals surface area contributed by atoms with Crippen LogP contribution in [0.25, 0.3) is 5.76 Å². The standard InChI is InChI=1S/C31H32N2O6/c1-21-19-25(39-20-22-5-3-2-4-6-22)11-12-26(21)29(35)27-28(23-7-9-24(34)10-8-23)33(31(37)30(27)36)14-13-32-15-17-38-18-16-32/h2-12,19,28,34-35H,13-18,20H2,1H3/t28-/m1/s1. The third-order valence-electron chi connectivity index (χ3n) is 7.21. The number of aryl methyl sites for hydroxylation is 1. The number of benzene rings is 3. The molecule has 8 heteroatoms. The Labute approximate surface area is 227 Å². The first kappa shape index (κ1) is 26.5. The Morgan fingerprint density at radius 1 is 0.974 bits per heavy atom. The zero-order chi connectivity index (χ0) is 27.4. The number of rotatable bonds is 8. The fourth-order valence-corrected chi connectivity index (χ4v) is 5.07. The molecule has 0 radical (unpaired) electrons. The Morgan fingerprint density at radius 3 is 2.38 bits per heavy atom. The second kappa shape index (κ2) is 11.7. The highest BCUT2D eigenvalue weighted by atomic mass is 16.5. The van der Waals surface area contributed by atoms with Crippen LogP contribution in [-0.4, -0.2) is 71.1 Å². The molecule has 202 valence electrons. The molecule has 3 aromatic rings. The van der Waals surface area contributed by atoms with Crippen molar-refractivity contribution in [3.8, 4) is 11.5 Å². The fourth-order valence-electron chi connectivity index (χ4n) is 5.07. The highest BCUT2D eigenvalue weighted by Gasteiger charge is 2.46. The van der Waals surface area contributed by atoms with Crippen molar-refractivity contribution in [1.29, 1.82) is 0 Å². The smallest absolute Gasteiger partial charge is 0.295 e. The Morgan fingerprint density at radius 2 is 1.69 bits per heavy atom. The van der Waals surface area contributed by atoms with Gasteiger partial charge in [-0.25, -0.2) is 0 Å². The average molecular weight is 529 g/mol. The van der Waals surface area contributed by atoms with Crippen LogP contribution in [-0.2, 0) is 20.9 Å². The first-order chi connectivity index (χ1) is 18.9. The van der Waals surface area contributed by atoms with Gasteiger partial charge in [0.15, 0.2) is 0 Å². The maximum atomic E-state index is 13.4. The van der Waals surface area contributed by atoms with Gasteiger partial charge < -0.3 is 24.6 Å². The van der Waals surface area contributed by atoms with Crippen LogP contribution in [0.15, 0.2) is 78.4 Å². The largest absolute Gasteiger partial charge is 0.508 e. The lowest BCUT2D eigenvalue weighted by atomic mass is 9.94. The molecule has 2 aliphatic heterocycles. The molecule has 2 aliphatic rings. The first-order valence-electron chi connectivity index (χ1n) is 13.1. The number of nitrogens with zero attached hydrogens (tertiary/aromatic N) is 2. The first-order valence-corrected chi connectivity index (χ1v) is 13.1. The van der Waals surface area contributed by atoms with Gasteiger partial charge in [0, 0.05) is 31.7 Å². The van der Waals surface area contributed by atoms with E-state index in [9.17, 15) is 19.8 Å². The molecule has 0 bridgehead atoms. The number of aromatic hydroxyl groups is 1. The molecule has 0 saturated carbocycles. The Bertz CT molecular complexity index is 1360. The van der Waals surface area contributed by atoms with Crippen molar-refractivity contribution in [3.63, 3.8) is 0 Å². The molecule has 2 saturated heterocycles. The van der Waals surface area contributed by atoms with E-state index in [2.05, 4.69) is 4.90 Å². The SMILES string of the molecule is Cc1cc(OCc2ccccc2)ccc1C(O)=C1C(=O)C(=O)N(CCN2CCOCC2)[C@@H]1c1ccc(O)cc1. The van der Waals surface area contributed by atoms with E-state index in [4.69, 9.17) is 9.47 Å². The van der Waals surface area contributed by atoms with Gasteiger partial charge in [0.1, 0.15) is 23.9 Å². The summed E-state index contributed by atoms with van der Waals surface area (Å²) in [6.07, 6.45) is 0. The van der Waals surface area contributed by atoms with Gasteiger partial charge in [-0.1, -0.05) is 42.5 Å². The number of hydrogen-bond acceptors (Lipinski definition) is 7. The molecular weight excluding hydrogens is 496 g/mol. The number of ether oxygens (including phenoxy) is 2. The lowest BCUT2D eigenvalue weighted by Crippen LogP contribution is -2.42. The number of carbonyl (C=O) groups excluding carboxylic acids is 2. The molecule has 39 heavy (non-hydrogen) atoms. The highest BCUT2D eigenvalue weighted by Crippen LogP contribution is 2.40. The summed E-state index contributed by atoms with van der Waals surface area (Å²) in [5, 5.41) is 21.3. The minimum atomic E-state index is -0.778. The minimum absolute atomic E-state index is 0.0359. The molecule has 1 atom stereocenters. The second-order valence-corrected chi connectivity index (χ2v) is 9.79. The Balaban J connectivity index is 1.45. The van der Waals surface area contributed by atoms with Gasteiger partial charge >= 0.3 is 0 Å². The van der Waals surface area contributed by atoms with Crippen LogP contribution < -0.4 is 4.74 Å². The van der Waals surface area contributed by atoms with Crippen LogP contribution >= 0.6 is 0 Å². The summed E-state index contributed by atoms with van der Waals surface area (Å²) >= 11 is 0. The summed E-state index contributed by atoms with van der Waals surface area (Å²) in [6.45, 7) is 5.90. The molecule has 5 rings (SSSR count). The van der Waals surface area contributed by atoms with Crippen molar-refractivity contribution in [2.24, 2.45) is 0 Å². The van der Waals surface area contributed by atoms with Crippen LogP contribution in [0.5, 0.6) is 11.5 Å². The number of likely N-dealkylation sites (tertiary alicyclic amines) is 1. The maximum Gasteiger partial charge on any atom is 0.295 e. The van der Waals surface area contributed by atoms with Gasteiger partial charge in [0.2, 0.25) is 0 Å². The second-order valence-electron chi connectivity index (χ2n) is 9.79. The number of carbonyl (C=O) groups is 2. The third kappa shape index (κ3) is 5.82. The van der Waals surface area contributed by atoms with Gasteiger partial charge in [-0.3, -0.25) is 14.5 Å². The van der Waals surface area contributed by atoms with Crippen molar-refractivity contribution in [2.75, 3.05) is 39.4 Å². The Hall–Kier alpha value is -4.14. The van der Waals surface area contributed by atoms with E-state index in [0.717, 1.165) is 18.7 Å². The van der Waals surface area contributed by atoms with Crippen LogP contribution in [0.2, 0.25) is 0 Å². The van der Waals surface area contributed by atoms with E-state index in [-0.39, 0.29) is 17.1 Å². The molecule has 3 aromatic carbocycles. The van der Waals surface area contributed by atoms with Crippen molar-refractivity contribution in [1.82, 2.24) is 9.80 Å². The Kier molecular flexibility index (Phi) is 7.95. The van der Waals surface area contributed by atoms with Gasteiger partial charge in [-0.2, -0.15) is 0 Å². The number of aliphatic hydroxyl groups excluding tert-OH is 1. The van der Waals surface area contributed by atoms with Crippen molar-refractivity contribution in [2.45, 2.75) is 19.6 Å². The molecule has 1 amide bonds. The molecule has 8 nitrogen and oxygen atoms in total. The monoisotopic (exact) mass is 528 g/mol. The van der Waals surface area contributed by atoms with Gasteiger partial charge in [0.25, 0.3) is 11.7 Å². The number of hydrogen-bond donors (Lipinski definition) is 2. The van der Waals surface area contributed by atoms with Crippen molar-refractivity contribution >= 4 is 17.4 Å².